The molecule has 0 spiro atoms. The normalized spacial score (nSPS) is 11.7. The third-order valence-electron chi connectivity index (χ3n) is 9.50. The lowest BCUT2D eigenvalue weighted by molar-refractivity contribution is 0.670. The number of nitrogens with zero attached hydrogens (tertiary/aromatic N) is 3. The van der Waals surface area contributed by atoms with Gasteiger partial charge >= 0.3 is 0 Å². The zero-order chi connectivity index (χ0) is 32.3. The van der Waals surface area contributed by atoms with Crippen LogP contribution >= 0.6 is 0 Å². The van der Waals surface area contributed by atoms with Crippen molar-refractivity contribution in [2.45, 2.75) is 0 Å². The van der Waals surface area contributed by atoms with Gasteiger partial charge in [0.25, 0.3) is 0 Å². The average molecular weight is 626 g/mol. The zero-order valence-electron chi connectivity index (χ0n) is 26.3. The Balaban J connectivity index is 1.23. The standard InChI is InChI=1S/C45H27N3O/c1-2-13-29(14-3-1)43-46-44(32-17-10-16-30(26-32)35-21-11-22-38-36-20-8-9-23-40(36)49-42(35)38)48-45(47-43)41-34-19-7-5-15-31(34)27-39-33-18-6-4-12-28(33)24-25-37(39)41/h1-27H. The van der Waals surface area contributed by atoms with Crippen LogP contribution in [0.25, 0.3) is 99.5 Å². The molecular weight excluding hydrogens is 599 g/mol. The second-order valence-corrected chi connectivity index (χ2v) is 12.4. The fourth-order valence-corrected chi connectivity index (χ4v) is 7.19. The number of hydrogen-bond donors (Lipinski definition) is 0. The summed E-state index contributed by atoms with van der Waals surface area (Å²) in [6, 6.07) is 56.8. The largest absolute Gasteiger partial charge is 0.455 e. The highest BCUT2D eigenvalue weighted by molar-refractivity contribution is 6.19. The molecular formula is C45H27N3O. The van der Waals surface area contributed by atoms with Crippen molar-refractivity contribution >= 4 is 54.3 Å². The first-order valence-electron chi connectivity index (χ1n) is 16.4. The lowest BCUT2D eigenvalue weighted by Gasteiger charge is -2.15. The van der Waals surface area contributed by atoms with Crippen molar-refractivity contribution in [1.29, 1.82) is 0 Å². The molecule has 8 aromatic carbocycles. The van der Waals surface area contributed by atoms with Crippen molar-refractivity contribution in [3.8, 4) is 45.3 Å². The molecule has 2 heterocycles. The molecule has 49 heavy (non-hydrogen) atoms. The van der Waals surface area contributed by atoms with Gasteiger partial charge in [0, 0.05) is 33.0 Å². The minimum absolute atomic E-state index is 0.615. The number of hydrogen-bond acceptors (Lipinski definition) is 4. The van der Waals surface area contributed by atoms with E-state index in [4.69, 9.17) is 19.4 Å². The van der Waals surface area contributed by atoms with Crippen LogP contribution in [0.15, 0.2) is 168 Å². The van der Waals surface area contributed by atoms with Crippen LogP contribution in [0.2, 0.25) is 0 Å². The Morgan fingerprint density at radius 1 is 0.347 bits per heavy atom. The molecule has 4 nitrogen and oxygen atoms in total. The van der Waals surface area contributed by atoms with E-state index in [1.165, 1.54) is 16.2 Å². The minimum Gasteiger partial charge on any atom is -0.455 e. The van der Waals surface area contributed by atoms with Crippen molar-refractivity contribution < 1.29 is 4.42 Å². The Bertz CT molecular complexity index is 2890. The van der Waals surface area contributed by atoms with Gasteiger partial charge in [-0.15, -0.1) is 0 Å². The van der Waals surface area contributed by atoms with Gasteiger partial charge < -0.3 is 4.42 Å². The highest BCUT2D eigenvalue weighted by Crippen LogP contribution is 2.40. The Kier molecular flexibility index (Phi) is 6.15. The summed E-state index contributed by atoms with van der Waals surface area (Å²) in [6.45, 7) is 0. The van der Waals surface area contributed by atoms with Gasteiger partial charge in [-0.1, -0.05) is 146 Å². The molecule has 0 saturated carbocycles. The van der Waals surface area contributed by atoms with E-state index < -0.39 is 0 Å². The van der Waals surface area contributed by atoms with Crippen molar-refractivity contribution in [1.82, 2.24) is 15.0 Å². The molecule has 0 aliphatic carbocycles. The quantitative estimate of drug-likeness (QED) is 0.144. The van der Waals surface area contributed by atoms with E-state index in [9.17, 15) is 0 Å². The third-order valence-corrected chi connectivity index (χ3v) is 9.50. The lowest BCUT2D eigenvalue weighted by Crippen LogP contribution is -2.01. The molecule has 0 atom stereocenters. The van der Waals surface area contributed by atoms with E-state index in [1.54, 1.807) is 0 Å². The summed E-state index contributed by atoms with van der Waals surface area (Å²) >= 11 is 0. The maximum atomic E-state index is 6.41. The summed E-state index contributed by atoms with van der Waals surface area (Å²) in [4.78, 5) is 15.5. The molecule has 10 rings (SSSR count). The predicted octanol–water partition coefficient (Wildman–Crippen LogP) is 11.9. The Labute approximate surface area is 282 Å². The monoisotopic (exact) mass is 625 g/mol. The molecule has 4 heteroatoms. The van der Waals surface area contributed by atoms with Crippen LogP contribution in [-0.2, 0) is 0 Å². The van der Waals surface area contributed by atoms with Crippen molar-refractivity contribution in [2.75, 3.05) is 0 Å². The van der Waals surface area contributed by atoms with Crippen molar-refractivity contribution in [2.24, 2.45) is 0 Å². The predicted molar refractivity (Wildman–Crippen MR) is 201 cm³/mol. The second kappa shape index (κ2) is 11.0. The van der Waals surface area contributed by atoms with Crippen LogP contribution in [0.4, 0.5) is 0 Å². The smallest absolute Gasteiger partial charge is 0.165 e. The summed E-state index contributed by atoms with van der Waals surface area (Å²) in [5.74, 6) is 1.89. The fraction of sp³-hybridized carbons (Fsp3) is 0. The Hall–Kier alpha value is -6.65. The molecule has 2 aromatic heterocycles. The van der Waals surface area contributed by atoms with E-state index in [1.807, 2.05) is 30.3 Å². The maximum absolute atomic E-state index is 6.41. The first-order valence-corrected chi connectivity index (χ1v) is 16.4. The van der Waals surface area contributed by atoms with Crippen LogP contribution in [0.1, 0.15) is 0 Å². The molecule has 0 aliphatic rings. The zero-order valence-corrected chi connectivity index (χ0v) is 26.3. The van der Waals surface area contributed by atoms with Gasteiger partial charge in [-0.05, 0) is 56.1 Å². The fourth-order valence-electron chi connectivity index (χ4n) is 7.19. The van der Waals surface area contributed by atoms with Gasteiger partial charge in [0.1, 0.15) is 11.2 Å². The van der Waals surface area contributed by atoms with Crippen molar-refractivity contribution in [3.05, 3.63) is 164 Å². The number of aromatic nitrogens is 3. The number of benzene rings is 8. The van der Waals surface area contributed by atoms with Gasteiger partial charge in [0.2, 0.25) is 0 Å². The van der Waals surface area contributed by atoms with Crippen LogP contribution in [-0.4, -0.2) is 15.0 Å². The van der Waals surface area contributed by atoms with E-state index in [0.717, 1.165) is 65.9 Å². The van der Waals surface area contributed by atoms with Gasteiger partial charge in [0.05, 0.1) is 0 Å². The highest BCUT2D eigenvalue weighted by Gasteiger charge is 2.19. The van der Waals surface area contributed by atoms with Crippen LogP contribution in [0.5, 0.6) is 0 Å². The lowest BCUT2D eigenvalue weighted by atomic mass is 9.93. The van der Waals surface area contributed by atoms with Gasteiger partial charge in [-0.3, -0.25) is 0 Å². The molecule has 0 radical (unpaired) electrons. The first-order chi connectivity index (χ1) is 24.3. The van der Waals surface area contributed by atoms with Crippen LogP contribution in [0.3, 0.4) is 0 Å². The second-order valence-electron chi connectivity index (χ2n) is 12.4. The molecule has 0 N–H and O–H groups in total. The molecule has 0 aliphatic heterocycles. The first kappa shape index (κ1) is 27.5. The summed E-state index contributed by atoms with van der Waals surface area (Å²) < 4.78 is 6.41. The highest BCUT2D eigenvalue weighted by atomic mass is 16.3. The molecule has 0 amide bonds. The average Bonchev–Trinajstić information content (AvgIpc) is 3.56. The molecule has 0 fully saturated rings. The van der Waals surface area contributed by atoms with Crippen LogP contribution < -0.4 is 0 Å². The number of para-hydroxylation sites is 2. The molecule has 0 unspecified atom stereocenters. The topological polar surface area (TPSA) is 51.8 Å². The molecule has 0 saturated heterocycles. The summed E-state index contributed by atoms with van der Waals surface area (Å²) in [6.07, 6.45) is 0. The Morgan fingerprint density at radius 3 is 1.86 bits per heavy atom. The molecule has 10 aromatic rings. The summed E-state index contributed by atoms with van der Waals surface area (Å²) in [7, 11) is 0. The van der Waals surface area contributed by atoms with E-state index in [2.05, 4.69) is 133 Å². The van der Waals surface area contributed by atoms with E-state index in [-0.39, 0.29) is 0 Å². The summed E-state index contributed by atoms with van der Waals surface area (Å²) in [5, 5.41) is 9.15. The minimum atomic E-state index is 0.615. The number of rotatable bonds is 4. The SMILES string of the molecule is c1ccc(-c2nc(-c3cccc(-c4cccc5c4oc4ccccc45)c3)nc(-c3c4ccccc4cc4c3ccc3ccccc34)n2)cc1. The maximum Gasteiger partial charge on any atom is 0.165 e. The molecule has 228 valence electrons. The van der Waals surface area contributed by atoms with Gasteiger partial charge in [-0.25, -0.2) is 15.0 Å². The van der Waals surface area contributed by atoms with E-state index in [0.29, 0.717) is 17.5 Å². The van der Waals surface area contributed by atoms with Gasteiger partial charge in [-0.2, -0.15) is 0 Å². The summed E-state index contributed by atoms with van der Waals surface area (Å²) in [5.41, 5.74) is 6.66. The van der Waals surface area contributed by atoms with Crippen molar-refractivity contribution in [3.63, 3.8) is 0 Å². The number of furan rings is 1. The molecule has 0 bridgehead atoms. The third kappa shape index (κ3) is 4.49. The van der Waals surface area contributed by atoms with Gasteiger partial charge in [0.15, 0.2) is 17.5 Å². The Morgan fingerprint density at radius 2 is 0.980 bits per heavy atom. The van der Waals surface area contributed by atoms with E-state index >= 15 is 0 Å². The van der Waals surface area contributed by atoms with Crippen LogP contribution in [0, 0.1) is 0 Å². The number of fused-ring (bicyclic) bond motifs is 7.